The predicted molar refractivity (Wildman–Crippen MR) is 72.1 cm³/mol. The molecule has 1 aliphatic carbocycles. The zero-order valence-electron chi connectivity index (χ0n) is 12.9. The molecule has 2 aliphatic rings. The molecule has 0 aromatic heterocycles. The highest BCUT2D eigenvalue weighted by Gasteiger charge is 2.64. The van der Waals surface area contributed by atoms with Gasteiger partial charge in [-0.15, -0.1) is 0 Å². The summed E-state index contributed by atoms with van der Waals surface area (Å²) in [5.41, 5.74) is -3.33. The summed E-state index contributed by atoms with van der Waals surface area (Å²) in [5, 5.41) is 2.41. The molecule has 0 aromatic rings. The molecule has 2 fully saturated rings. The van der Waals surface area contributed by atoms with Gasteiger partial charge in [-0.2, -0.15) is 13.2 Å². The highest BCUT2D eigenvalue weighted by atomic mass is 19.4. The van der Waals surface area contributed by atoms with E-state index in [0.717, 1.165) is 4.90 Å². The fourth-order valence-electron chi connectivity index (χ4n) is 2.39. The fourth-order valence-corrected chi connectivity index (χ4v) is 2.39. The number of nitrogens with one attached hydrogen (secondary N) is 1. The van der Waals surface area contributed by atoms with Crippen LogP contribution in [0.2, 0.25) is 0 Å². The van der Waals surface area contributed by atoms with Gasteiger partial charge in [0, 0.05) is 19.1 Å². The fraction of sp³-hybridized carbons (Fsp3) is 0.857. The molecule has 8 heteroatoms. The minimum Gasteiger partial charge on any atom is -0.444 e. The van der Waals surface area contributed by atoms with Crippen molar-refractivity contribution in [3.8, 4) is 0 Å². The first-order valence-electron chi connectivity index (χ1n) is 7.30. The predicted octanol–water partition coefficient (Wildman–Crippen LogP) is 2.45. The minimum atomic E-state index is -4.71. The van der Waals surface area contributed by atoms with E-state index in [1.165, 1.54) is 0 Å². The molecule has 0 radical (unpaired) electrons. The molecule has 1 N–H and O–H groups in total. The number of carbonyl (C=O) groups excluding carboxylic acids is 2. The Hall–Kier alpha value is -1.47. The average Bonchev–Trinajstić information content (AvgIpc) is 3.01. The van der Waals surface area contributed by atoms with E-state index in [1.807, 2.05) is 0 Å². The van der Waals surface area contributed by atoms with Crippen molar-refractivity contribution in [2.24, 2.45) is 5.41 Å². The Balaban J connectivity index is 2.12. The Morgan fingerprint density at radius 3 is 2.27 bits per heavy atom. The number of nitrogens with zero attached hydrogens (tertiary/aromatic N) is 1. The maximum absolute atomic E-state index is 13.5. The van der Waals surface area contributed by atoms with Crippen LogP contribution in [0.25, 0.3) is 0 Å². The van der Waals surface area contributed by atoms with Crippen molar-refractivity contribution in [2.75, 3.05) is 13.1 Å². The van der Waals surface area contributed by atoms with Crippen LogP contribution in [0.4, 0.5) is 18.0 Å². The largest absolute Gasteiger partial charge is 0.444 e. The number of alkyl halides is 3. The van der Waals surface area contributed by atoms with E-state index in [-0.39, 0.29) is 12.6 Å². The van der Waals surface area contributed by atoms with Gasteiger partial charge < -0.3 is 15.0 Å². The van der Waals surface area contributed by atoms with Crippen LogP contribution < -0.4 is 5.32 Å². The molecular formula is C14H21F3N2O3. The summed E-state index contributed by atoms with van der Waals surface area (Å²) in [6.45, 7) is 4.07. The second-order valence-corrected chi connectivity index (χ2v) is 6.98. The molecule has 0 bridgehead atoms. The van der Waals surface area contributed by atoms with E-state index in [1.54, 1.807) is 20.8 Å². The first-order chi connectivity index (χ1) is 9.95. The van der Waals surface area contributed by atoms with Crippen LogP contribution in [-0.4, -0.2) is 47.8 Å². The van der Waals surface area contributed by atoms with Crippen LogP contribution in [-0.2, 0) is 9.53 Å². The van der Waals surface area contributed by atoms with E-state index in [0.29, 0.717) is 12.8 Å². The molecule has 0 spiro atoms. The average molecular weight is 322 g/mol. The number of hydrogen-bond acceptors (Lipinski definition) is 3. The third-order valence-electron chi connectivity index (χ3n) is 3.81. The van der Waals surface area contributed by atoms with Gasteiger partial charge in [0.05, 0.1) is 0 Å². The molecule has 1 saturated carbocycles. The molecule has 22 heavy (non-hydrogen) atoms. The maximum Gasteiger partial charge on any atom is 0.410 e. The number of rotatable bonds is 2. The first-order valence-corrected chi connectivity index (χ1v) is 7.30. The lowest BCUT2D eigenvalue weighted by Gasteiger charge is -2.31. The molecule has 126 valence electrons. The van der Waals surface area contributed by atoms with Crippen LogP contribution in [0.5, 0.6) is 0 Å². The molecule has 1 aliphatic heterocycles. The van der Waals surface area contributed by atoms with Crippen LogP contribution in [0.3, 0.4) is 0 Å². The van der Waals surface area contributed by atoms with Gasteiger partial charge in [-0.25, -0.2) is 4.79 Å². The summed E-state index contributed by atoms with van der Waals surface area (Å²) in [7, 11) is 0. The third kappa shape index (κ3) is 3.47. The second kappa shape index (κ2) is 5.31. The molecule has 2 amide bonds. The van der Waals surface area contributed by atoms with Gasteiger partial charge in [0.1, 0.15) is 5.60 Å². The van der Waals surface area contributed by atoms with Crippen molar-refractivity contribution in [2.45, 2.75) is 57.9 Å². The summed E-state index contributed by atoms with van der Waals surface area (Å²) in [6, 6.07) is -0.165. The number of carbonyl (C=O) groups is 2. The normalized spacial score (nSPS) is 26.0. The lowest BCUT2D eigenvalue weighted by Crippen LogP contribution is -2.53. The van der Waals surface area contributed by atoms with E-state index in [4.69, 9.17) is 4.74 Å². The van der Waals surface area contributed by atoms with Gasteiger partial charge >= 0.3 is 12.3 Å². The number of ether oxygens (including phenoxy) is 1. The van der Waals surface area contributed by atoms with Gasteiger partial charge in [-0.3, -0.25) is 4.79 Å². The number of likely N-dealkylation sites (tertiary alicyclic amines) is 1. The lowest BCUT2D eigenvalue weighted by atomic mass is 9.85. The van der Waals surface area contributed by atoms with Crippen LogP contribution in [0.15, 0.2) is 0 Å². The van der Waals surface area contributed by atoms with E-state index < -0.39 is 42.2 Å². The van der Waals surface area contributed by atoms with Crippen molar-refractivity contribution in [3.05, 3.63) is 0 Å². The molecule has 1 atom stereocenters. The van der Waals surface area contributed by atoms with Crippen LogP contribution in [0, 0.1) is 5.41 Å². The molecule has 5 nitrogen and oxygen atoms in total. The minimum absolute atomic E-state index is 0.146. The maximum atomic E-state index is 13.5. The van der Waals surface area contributed by atoms with E-state index in [2.05, 4.69) is 5.32 Å². The molecular weight excluding hydrogens is 301 g/mol. The molecule has 0 unspecified atom stereocenters. The molecule has 1 saturated heterocycles. The molecule has 0 aromatic carbocycles. The summed E-state index contributed by atoms with van der Waals surface area (Å²) in [4.78, 5) is 25.0. The Labute approximate surface area is 127 Å². The summed E-state index contributed by atoms with van der Waals surface area (Å²) < 4.78 is 45.5. The number of amides is 2. The van der Waals surface area contributed by atoms with Gasteiger partial charge in [-0.1, -0.05) is 0 Å². The highest BCUT2D eigenvalue weighted by molar-refractivity contribution is 5.85. The second-order valence-electron chi connectivity index (χ2n) is 6.98. The van der Waals surface area contributed by atoms with Crippen molar-refractivity contribution in [1.29, 1.82) is 0 Å². The number of hydrogen-bond donors (Lipinski definition) is 1. The van der Waals surface area contributed by atoms with E-state index >= 15 is 0 Å². The summed E-state index contributed by atoms with van der Waals surface area (Å²) in [5.74, 6) is -1.03. The molecule has 2 rings (SSSR count). The Morgan fingerprint density at radius 2 is 1.82 bits per heavy atom. The summed E-state index contributed by atoms with van der Waals surface area (Å²) in [6.07, 6.45) is -4.56. The van der Waals surface area contributed by atoms with Gasteiger partial charge in [-0.05, 0) is 40.0 Å². The smallest absolute Gasteiger partial charge is 0.410 e. The quantitative estimate of drug-likeness (QED) is 0.849. The topological polar surface area (TPSA) is 58.6 Å². The standard InChI is InChI=1S/C14H21F3N2O3/c1-12(2,3)22-11(21)19-7-6-13(8-19,14(15,16)17)10(20)18-9-4-5-9/h9H,4-8H2,1-3H3,(H,18,20)/t13-/m0/s1. The first kappa shape index (κ1) is 16.9. The molecule has 1 heterocycles. The zero-order valence-corrected chi connectivity index (χ0v) is 12.9. The monoisotopic (exact) mass is 322 g/mol. The zero-order chi connectivity index (χ0) is 16.8. The third-order valence-corrected chi connectivity index (χ3v) is 3.81. The van der Waals surface area contributed by atoms with Gasteiger partial charge in [0.2, 0.25) is 5.91 Å². The van der Waals surface area contributed by atoms with Crippen molar-refractivity contribution >= 4 is 12.0 Å². The Kier molecular flexibility index (Phi) is 4.08. The van der Waals surface area contributed by atoms with E-state index in [9.17, 15) is 22.8 Å². The highest BCUT2D eigenvalue weighted by Crippen LogP contribution is 2.46. The SMILES string of the molecule is CC(C)(C)OC(=O)N1CC[C@](C(=O)NC2CC2)(C(F)(F)F)C1. The van der Waals surface area contributed by atoms with Gasteiger partial charge in [0.15, 0.2) is 5.41 Å². The van der Waals surface area contributed by atoms with Crippen molar-refractivity contribution in [3.63, 3.8) is 0 Å². The lowest BCUT2D eigenvalue weighted by molar-refractivity contribution is -0.217. The Morgan fingerprint density at radius 1 is 1.23 bits per heavy atom. The summed E-state index contributed by atoms with van der Waals surface area (Å²) >= 11 is 0. The van der Waals surface area contributed by atoms with Gasteiger partial charge in [0.25, 0.3) is 0 Å². The van der Waals surface area contributed by atoms with Crippen molar-refractivity contribution in [1.82, 2.24) is 10.2 Å². The Bertz CT molecular complexity index is 469. The number of halogens is 3. The van der Waals surface area contributed by atoms with Crippen LogP contribution in [0.1, 0.15) is 40.0 Å². The van der Waals surface area contributed by atoms with Crippen molar-refractivity contribution < 1.29 is 27.5 Å². The van der Waals surface area contributed by atoms with Crippen LogP contribution >= 0.6 is 0 Å².